The Labute approximate surface area is 211 Å². The number of esters is 1. The highest BCUT2D eigenvalue weighted by Gasteiger charge is 2.06. The van der Waals surface area contributed by atoms with Crippen molar-refractivity contribution in [3.05, 3.63) is 35.9 Å². The second kappa shape index (κ2) is 24.2. The fourth-order valence-corrected chi connectivity index (χ4v) is 3.10. The molecule has 0 aliphatic heterocycles. The molecule has 0 aliphatic carbocycles. The summed E-state index contributed by atoms with van der Waals surface area (Å²) >= 11 is 0. The van der Waals surface area contributed by atoms with E-state index < -0.39 is 0 Å². The number of hydrogen-bond donors (Lipinski definition) is 0. The molecule has 0 bridgehead atoms. The van der Waals surface area contributed by atoms with E-state index >= 15 is 0 Å². The van der Waals surface area contributed by atoms with Crippen LogP contribution >= 0.6 is 0 Å². The maximum absolute atomic E-state index is 11.7. The first kappa shape index (κ1) is 31.5. The molecular weight excluding hydrogens is 452 g/mol. The highest BCUT2D eigenvalue weighted by atomic mass is 16.6. The average Bonchev–Trinajstić information content (AvgIpc) is 2.89. The average molecular weight is 499 g/mol. The Balaban J connectivity index is 1.73. The molecule has 0 aromatic heterocycles. The SMILES string of the molecule is CCCCC(CC)COCCOCCOCCOCCOCCOCCOC(=O)c1ccccc1. The molecular formula is C27H46O8. The van der Waals surface area contributed by atoms with Crippen LogP contribution in [0.1, 0.15) is 49.9 Å². The van der Waals surface area contributed by atoms with Crippen LogP contribution in [0.15, 0.2) is 30.3 Å². The van der Waals surface area contributed by atoms with Gasteiger partial charge in [-0.25, -0.2) is 4.79 Å². The Morgan fingerprint density at radius 1 is 0.657 bits per heavy atom. The number of hydrogen-bond acceptors (Lipinski definition) is 8. The molecule has 0 fully saturated rings. The molecule has 0 saturated carbocycles. The van der Waals surface area contributed by atoms with E-state index in [0.717, 1.165) is 6.61 Å². The number of rotatable bonds is 25. The summed E-state index contributed by atoms with van der Waals surface area (Å²) < 4.78 is 38.1. The van der Waals surface area contributed by atoms with Crippen molar-refractivity contribution in [1.29, 1.82) is 0 Å². The van der Waals surface area contributed by atoms with Crippen LogP contribution < -0.4 is 0 Å². The van der Waals surface area contributed by atoms with Gasteiger partial charge in [-0.05, 0) is 24.5 Å². The summed E-state index contributed by atoms with van der Waals surface area (Å²) in [5, 5.41) is 0. The van der Waals surface area contributed by atoms with Crippen LogP contribution in [0.25, 0.3) is 0 Å². The minimum atomic E-state index is -0.345. The van der Waals surface area contributed by atoms with E-state index in [4.69, 9.17) is 33.2 Å². The molecule has 0 heterocycles. The standard InChI is InChI=1S/C27H46O8/c1-3-5-9-25(4-2)24-34-21-20-32-17-16-30-13-12-29-14-15-31-18-19-33-22-23-35-27(28)26-10-7-6-8-11-26/h6-8,10-11,25H,3-5,9,12-24H2,1-2H3. The van der Waals surface area contributed by atoms with Gasteiger partial charge in [0.05, 0.1) is 78.2 Å². The van der Waals surface area contributed by atoms with Gasteiger partial charge in [-0.2, -0.15) is 0 Å². The van der Waals surface area contributed by atoms with E-state index in [1.807, 2.05) is 6.07 Å². The van der Waals surface area contributed by atoms with E-state index in [1.165, 1.54) is 25.7 Å². The van der Waals surface area contributed by atoms with E-state index in [1.54, 1.807) is 24.3 Å². The number of benzene rings is 1. The molecule has 0 amide bonds. The van der Waals surface area contributed by atoms with Crippen molar-refractivity contribution in [2.24, 2.45) is 5.92 Å². The Bertz CT molecular complexity index is 584. The smallest absolute Gasteiger partial charge is 0.338 e. The van der Waals surface area contributed by atoms with Crippen LogP contribution in [0.2, 0.25) is 0 Å². The number of ether oxygens (including phenoxy) is 7. The van der Waals surface area contributed by atoms with E-state index in [2.05, 4.69) is 13.8 Å². The molecule has 8 heteroatoms. The zero-order chi connectivity index (χ0) is 25.2. The van der Waals surface area contributed by atoms with Gasteiger partial charge in [0.15, 0.2) is 0 Å². The van der Waals surface area contributed by atoms with Gasteiger partial charge >= 0.3 is 5.97 Å². The van der Waals surface area contributed by atoms with E-state index in [-0.39, 0.29) is 12.6 Å². The van der Waals surface area contributed by atoms with Gasteiger partial charge in [-0.1, -0.05) is 51.3 Å². The second-order valence-corrected chi connectivity index (χ2v) is 8.06. The molecule has 0 radical (unpaired) electrons. The molecule has 1 unspecified atom stereocenters. The number of carbonyl (C=O) groups excluding carboxylic acids is 1. The maximum atomic E-state index is 11.7. The lowest BCUT2D eigenvalue weighted by Gasteiger charge is -2.14. The molecule has 8 nitrogen and oxygen atoms in total. The van der Waals surface area contributed by atoms with Gasteiger partial charge in [0, 0.05) is 6.61 Å². The largest absolute Gasteiger partial charge is 0.460 e. The van der Waals surface area contributed by atoms with Crippen LogP contribution in [0.3, 0.4) is 0 Å². The summed E-state index contributed by atoms with van der Waals surface area (Å²) in [4.78, 5) is 11.7. The molecule has 202 valence electrons. The van der Waals surface area contributed by atoms with Crippen LogP contribution in [0, 0.1) is 5.92 Å². The lowest BCUT2D eigenvalue weighted by atomic mass is 10.0. The molecule has 0 N–H and O–H groups in total. The molecule has 35 heavy (non-hydrogen) atoms. The Morgan fingerprint density at radius 3 is 1.57 bits per heavy atom. The predicted octanol–water partition coefficient (Wildman–Crippen LogP) is 4.16. The fourth-order valence-electron chi connectivity index (χ4n) is 3.10. The topological polar surface area (TPSA) is 81.7 Å². The van der Waals surface area contributed by atoms with Crippen molar-refractivity contribution in [2.75, 3.05) is 85.9 Å². The predicted molar refractivity (Wildman–Crippen MR) is 135 cm³/mol. The van der Waals surface area contributed by atoms with Gasteiger partial charge in [-0.15, -0.1) is 0 Å². The molecule has 0 aliphatic rings. The fraction of sp³-hybridized carbons (Fsp3) is 0.741. The third kappa shape index (κ3) is 19.3. The first-order valence-electron chi connectivity index (χ1n) is 13.0. The van der Waals surface area contributed by atoms with Gasteiger partial charge in [0.25, 0.3) is 0 Å². The Kier molecular flexibility index (Phi) is 21.7. The Hall–Kier alpha value is -1.55. The molecule has 1 aromatic rings. The van der Waals surface area contributed by atoms with Crippen molar-refractivity contribution in [3.8, 4) is 0 Å². The minimum Gasteiger partial charge on any atom is -0.460 e. The van der Waals surface area contributed by atoms with Crippen molar-refractivity contribution in [1.82, 2.24) is 0 Å². The number of unbranched alkanes of at least 4 members (excludes halogenated alkanes) is 1. The van der Waals surface area contributed by atoms with Crippen LogP contribution in [0.4, 0.5) is 0 Å². The summed E-state index contributed by atoms with van der Waals surface area (Å²) in [6.45, 7) is 11.1. The first-order valence-corrected chi connectivity index (χ1v) is 13.0. The van der Waals surface area contributed by atoms with Crippen molar-refractivity contribution < 1.29 is 38.0 Å². The highest BCUT2D eigenvalue weighted by Crippen LogP contribution is 2.12. The van der Waals surface area contributed by atoms with Gasteiger partial charge in [0.1, 0.15) is 6.61 Å². The summed E-state index contributed by atoms with van der Waals surface area (Å²) in [5.41, 5.74) is 0.536. The minimum absolute atomic E-state index is 0.216. The van der Waals surface area contributed by atoms with Gasteiger partial charge in [-0.3, -0.25) is 0 Å². The van der Waals surface area contributed by atoms with Crippen molar-refractivity contribution in [3.63, 3.8) is 0 Å². The third-order valence-corrected chi connectivity index (χ3v) is 5.23. The summed E-state index contributed by atoms with van der Waals surface area (Å²) in [6.07, 6.45) is 4.94. The van der Waals surface area contributed by atoms with Crippen LogP contribution in [0.5, 0.6) is 0 Å². The van der Waals surface area contributed by atoms with Crippen molar-refractivity contribution >= 4 is 5.97 Å². The van der Waals surface area contributed by atoms with Gasteiger partial charge in [0.2, 0.25) is 0 Å². The van der Waals surface area contributed by atoms with Crippen LogP contribution in [-0.4, -0.2) is 91.9 Å². The number of carbonyl (C=O) groups is 1. The molecule has 1 aromatic carbocycles. The summed E-state index contributed by atoms with van der Waals surface area (Å²) in [7, 11) is 0. The maximum Gasteiger partial charge on any atom is 0.338 e. The summed E-state index contributed by atoms with van der Waals surface area (Å²) in [6, 6.07) is 8.88. The van der Waals surface area contributed by atoms with E-state index in [9.17, 15) is 4.79 Å². The molecule has 1 rings (SSSR count). The quantitative estimate of drug-likeness (QED) is 0.147. The van der Waals surface area contributed by atoms with E-state index in [0.29, 0.717) is 84.2 Å². The van der Waals surface area contributed by atoms with Crippen LogP contribution in [-0.2, 0) is 33.2 Å². The second-order valence-electron chi connectivity index (χ2n) is 8.06. The molecule has 0 spiro atoms. The first-order chi connectivity index (χ1) is 17.3. The zero-order valence-electron chi connectivity index (χ0n) is 21.8. The monoisotopic (exact) mass is 498 g/mol. The lowest BCUT2D eigenvalue weighted by Crippen LogP contribution is -2.15. The highest BCUT2D eigenvalue weighted by molar-refractivity contribution is 5.89. The summed E-state index contributed by atoms with van der Waals surface area (Å²) in [5.74, 6) is 0.322. The normalized spacial score (nSPS) is 12.1. The lowest BCUT2D eigenvalue weighted by molar-refractivity contribution is -0.0208. The zero-order valence-corrected chi connectivity index (χ0v) is 21.8. The van der Waals surface area contributed by atoms with Crippen molar-refractivity contribution in [2.45, 2.75) is 39.5 Å². The Morgan fingerprint density at radius 2 is 1.11 bits per heavy atom. The van der Waals surface area contributed by atoms with Gasteiger partial charge < -0.3 is 33.2 Å². The molecule has 0 saturated heterocycles. The molecule has 1 atom stereocenters. The third-order valence-electron chi connectivity index (χ3n) is 5.23.